The number of carbonyl (C=O) groups is 2. The van der Waals surface area contributed by atoms with E-state index in [1.165, 1.54) is 31.6 Å². The number of aromatic nitrogens is 3. The van der Waals surface area contributed by atoms with E-state index in [9.17, 15) is 22.8 Å². The molecule has 2 amide bonds. The normalized spacial score (nSPS) is 21.0. The molecule has 0 radical (unpaired) electrons. The first-order valence-corrected chi connectivity index (χ1v) is 13.4. The number of hydrogen-bond donors (Lipinski definition) is 3. The summed E-state index contributed by atoms with van der Waals surface area (Å²) in [5, 5.41) is 5.53. The SMILES string of the molecule is COCC(=O)N[C@H]1CC[C@@H](NC(=O)c2c(C)[nH]c3c(-c4cc(C(F)F)ccc4OCC4CC4)ncnc23)C[C@H]1F. The zero-order valence-electron chi connectivity index (χ0n) is 22.3. The van der Waals surface area contributed by atoms with Crippen LogP contribution in [0.3, 0.4) is 0 Å². The van der Waals surface area contributed by atoms with Gasteiger partial charge in [-0.15, -0.1) is 0 Å². The van der Waals surface area contributed by atoms with E-state index in [2.05, 4.69) is 25.6 Å². The molecule has 3 aromatic rings. The molecular weight excluding hydrogens is 527 g/mol. The van der Waals surface area contributed by atoms with E-state index in [1.54, 1.807) is 6.92 Å². The van der Waals surface area contributed by atoms with Crippen molar-refractivity contribution < 1.29 is 32.2 Å². The Morgan fingerprint density at radius 1 is 1.15 bits per heavy atom. The summed E-state index contributed by atoms with van der Waals surface area (Å²) in [5.41, 5.74) is 2.09. The summed E-state index contributed by atoms with van der Waals surface area (Å²) in [6.45, 7) is 2.05. The summed E-state index contributed by atoms with van der Waals surface area (Å²) in [5.74, 6) is 0.0660. The number of rotatable bonds is 10. The molecule has 0 saturated heterocycles. The Balaban J connectivity index is 1.38. The van der Waals surface area contributed by atoms with Crippen molar-refractivity contribution in [3.05, 3.63) is 41.3 Å². The van der Waals surface area contributed by atoms with Gasteiger partial charge < -0.3 is 25.1 Å². The van der Waals surface area contributed by atoms with E-state index in [4.69, 9.17) is 9.47 Å². The average Bonchev–Trinajstić information content (AvgIpc) is 3.68. The third-order valence-electron chi connectivity index (χ3n) is 7.41. The van der Waals surface area contributed by atoms with Gasteiger partial charge in [0.15, 0.2) is 0 Å². The molecule has 40 heavy (non-hydrogen) atoms. The second kappa shape index (κ2) is 11.8. The maximum atomic E-state index is 14.8. The fourth-order valence-electron chi connectivity index (χ4n) is 5.14. The Morgan fingerprint density at radius 3 is 2.65 bits per heavy atom. The van der Waals surface area contributed by atoms with E-state index >= 15 is 0 Å². The van der Waals surface area contributed by atoms with Crippen LogP contribution in [0.2, 0.25) is 0 Å². The molecule has 0 bridgehead atoms. The molecule has 3 atom stereocenters. The van der Waals surface area contributed by atoms with E-state index in [0.717, 1.165) is 12.8 Å². The first kappa shape index (κ1) is 27.9. The van der Waals surface area contributed by atoms with Crippen molar-refractivity contribution in [1.82, 2.24) is 25.6 Å². The summed E-state index contributed by atoms with van der Waals surface area (Å²) in [7, 11) is 1.39. The van der Waals surface area contributed by atoms with Crippen molar-refractivity contribution >= 4 is 22.8 Å². The molecule has 2 heterocycles. The molecular formula is C28H32F3N5O4. The van der Waals surface area contributed by atoms with Gasteiger partial charge in [0.1, 0.15) is 36.1 Å². The quantitative estimate of drug-likeness (QED) is 0.339. The average molecular weight is 560 g/mol. The van der Waals surface area contributed by atoms with Gasteiger partial charge in [-0.25, -0.2) is 23.1 Å². The highest BCUT2D eigenvalue weighted by Gasteiger charge is 2.33. The Morgan fingerprint density at radius 2 is 1.95 bits per heavy atom. The van der Waals surface area contributed by atoms with Crippen LogP contribution in [-0.4, -0.2) is 65.3 Å². The van der Waals surface area contributed by atoms with E-state index in [1.807, 2.05) is 0 Å². The number of aromatic amines is 1. The number of nitrogens with one attached hydrogen (secondary N) is 3. The van der Waals surface area contributed by atoms with Gasteiger partial charge in [0, 0.05) is 36.4 Å². The molecule has 214 valence electrons. The molecule has 2 aromatic heterocycles. The molecule has 2 aliphatic carbocycles. The van der Waals surface area contributed by atoms with E-state index in [0.29, 0.717) is 59.1 Å². The number of nitrogens with zero attached hydrogens (tertiary/aromatic N) is 2. The van der Waals surface area contributed by atoms with Crippen LogP contribution < -0.4 is 15.4 Å². The predicted molar refractivity (Wildman–Crippen MR) is 141 cm³/mol. The summed E-state index contributed by atoms with van der Waals surface area (Å²) >= 11 is 0. The summed E-state index contributed by atoms with van der Waals surface area (Å²) in [6, 6.07) is 3.15. The highest BCUT2D eigenvalue weighted by Crippen LogP contribution is 2.38. The minimum atomic E-state index is -2.68. The molecule has 9 nitrogen and oxygen atoms in total. The van der Waals surface area contributed by atoms with E-state index < -0.39 is 30.6 Å². The fourth-order valence-corrected chi connectivity index (χ4v) is 5.14. The third-order valence-corrected chi connectivity index (χ3v) is 7.41. The van der Waals surface area contributed by atoms with Crippen LogP contribution in [-0.2, 0) is 9.53 Å². The zero-order chi connectivity index (χ0) is 28.4. The van der Waals surface area contributed by atoms with Crippen molar-refractivity contribution in [3.8, 4) is 17.0 Å². The maximum absolute atomic E-state index is 14.8. The maximum Gasteiger partial charge on any atom is 0.263 e. The second-order valence-corrected chi connectivity index (χ2v) is 10.5. The number of benzene rings is 1. The summed E-state index contributed by atoms with van der Waals surface area (Å²) in [4.78, 5) is 37.0. The molecule has 5 rings (SSSR count). The number of halogens is 3. The van der Waals surface area contributed by atoms with Crippen LogP contribution in [0.5, 0.6) is 5.75 Å². The van der Waals surface area contributed by atoms with Gasteiger partial charge in [-0.1, -0.05) is 0 Å². The molecule has 12 heteroatoms. The monoisotopic (exact) mass is 559 g/mol. The van der Waals surface area contributed by atoms with Crippen molar-refractivity contribution in [2.24, 2.45) is 5.92 Å². The standard InChI is InChI=1S/C28H32F3N5O4/c1-14-23(28(38)35-17-6-7-20(19(29)10-17)36-22(37)12-39-2)25-26(34-14)24(32-13-33-25)18-9-16(27(30)31)5-8-21(18)40-11-15-3-4-15/h5,8-9,13,15,17,19-20,27,34H,3-4,6-7,10-12H2,1-2H3,(H,35,38)(H,36,37)/t17-,19-,20+/m1/s1. The van der Waals surface area contributed by atoms with Crippen molar-refractivity contribution in [3.63, 3.8) is 0 Å². The molecule has 0 spiro atoms. The Kier molecular flexibility index (Phi) is 8.24. The molecule has 1 aromatic carbocycles. The highest BCUT2D eigenvalue weighted by atomic mass is 19.3. The topological polar surface area (TPSA) is 118 Å². The first-order valence-electron chi connectivity index (χ1n) is 13.4. The largest absolute Gasteiger partial charge is 0.493 e. The van der Waals surface area contributed by atoms with Crippen LogP contribution in [0.25, 0.3) is 22.3 Å². The van der Waals surface area contributed by atoms with Crippen LogP contribution in [0, 0.1) is 12.8 Å². The van der Waals surface area contributed by atoms with Crippen LogP contribution in [0.15, 0.2) is 24.5 Å². The van der Waals surface area contributed by atoms with Gasteiger partial charge in [0.25, 0.3) is 12.3 Å². The Bertz CT molecular complexity index is 1390. The zero-order valence-corrected chi connectivity index (χ0v) is 22.3. The van der Waals surface area contributed by atoms with E-state index in [-0.39, 0.29) is 30.1 Å². The molecule has 2 aliphatic rings. The second-order valence-electron chi connectivity index (χ2n) is 10.5. The van der Waals surface area contributed by atoms with Crippen molar-refractivity contribution in [2.75, 3.05) is 20.3 Å². The van der Waals surface area contributed by atoms with Gasteiger partial charge in [-0.3, -0.25) is 9.59 Å². The number of ether oxygens (including phenoxy) is 2. The minimum absolute atomic E-state index is 0.0490. The van der Waals surface area contributed by atoms with Gasteiger partial charge in [0.05, 0.1) is 23.7 Å². The lowest BCUT2D eigenvalue weighted by Gasteiger charge is -2.32. The number of methoxy groups -OCH3 is 1. The van der Waals surface area contributed by atoms with Gasteiger partial charge in [-0.2, -0.15) is 0 Å². The molecule has 0 unspecified atom stereocenters. The lowest BCUT2D eigenvalue weighted by Crippen LogP contribution is -2.50. The number of H-pyrrole nitrogens is 1. The van der Waals surface area contributed by atoms with Gasteiger partial charge >= 0.3 is 0 Å². The highest BCUT2D eigenvalue weighted by molar-refractivity contribution is 6.09. The Hall–Kier alpha value is -3.67. The van der Waals surface area contributed by atoms with Gasteiger partial charge in [-0.05, 0) is 56.7 Å². The molecule has 3 N–H and O–H groups in total. The number of hydrogen-bond acceptors (Lipinski definition) is 6. The number of fused-ring (bicyclic) bond motifs is 1. The number of aryl methyl sites for hydroxylation is 1. The minimum Gasteiger partial charge on any atom is -0.493 e. The summed E-state index contributed by atoms with van der Waals surface area (Å²) < 4.78 is 52.7. The van der Waals surface area contributed by atoms with Crippen molar-refractivity contribution in [1.29, 1.82) is 0 Å². The van der Waals surface area contributed by atoms with Crippen LogP contribution in [0.1, 0.15) is 60.1 Å². The molecule has 2 saturated carbocycles. The number of alkyl halides is 3. The lowest BCUT2D eigenvalue weighted by molar-refractivity contribution is -0.126. The van der Waals surface area contributed by atoms with Gasteiger partial charge in [0.2, 0.25) is 5.91 Å². The third kappa shape index (κ3) is 6.06. The first-order chi connectivity index (χ1) is 19.2. The van der Waals surface area contributed by atoms with Crippen LogP contribution in [0.4, 0.5) is 13.2 Å². The fraction of sp³-hybridized carbons (Fsp3) is 0.500. The predicted octanol–water partition coefficient (Wildman–Crippen LogP) is 4.41. The Labute approximate surface area is 229 Å². The van der Waals surface area contributed by atoms with Crippen molar-refractivity contribution in [2.45, 2.75) is 63.7 Å². The van der Waals surface area contributed by atoms with Crippen LogP contribution >= 0.6 is 0 Å². The summed E-state index contributed by atoms with van der Waals surface area (Å²) in [6.07, 6.45) is 0.323. The molecule has 0 aliphatic heterocycles. The number of carbonyl (C=O) groups excluding carboxylic acids is 2. The lowest BCUT2D eigenvalue weighted by atomic mass is 9.89. The smallest absolute Gasteiger partial charge is 0.263 e. The number of amides is 2. The molecule has 2 fully saturated rings.